The molecule has 0 spiro atoms. The third-order valence-corrected chi connectivity index (χ3v) is 2.16. The molecule has 0 heterocycles. The van der Waals surface area contributed by atoms with Gasteiger partial charge in [0.1, 0.15) is 12.4 Å². The Labute approximate surface area is 108 Å². The van der Waals surface area contributed by atoms with Crippen molar-refractivity contribution < 1.29 is 17.9 Å². The van der Waals surface area contributed by atoms with Crippen LogP contribution in [0.25, 0.3) is 0 Å². The van der Waals surface area contributed by atoms with Crippen molar-refractivity contribution in [2.24, 2.45) is 5.73 Å². The highest BCUT2D eigenvalue weighted by atomic mass is 35.5. The molecule has 2 N–H and O–H groups in total. The maximum Gasteiger partial charge on any atom is 0.417 e. The highest BCUT2D eigenvalue weighted by Gasteiger charge is 2.34. The summed E-state index contributed by atoms with van der Waals surface area (Å²) in [6.45, 7) is 1.79. The van der Waals surface area contributed by atoms with Gasteiger partial charge in [-0.3, -0.25) is 0 Å². The average Bonchev–Trinajstić information content (AvgIpc) is 2.14. The molecule has 1 rings (SSSR count). The van der Waals surface area contributed by atoms with Gasteiger partial charge in [0.25, 0.3) is 0 Å². The highest BCUT2D eigenvalue weighted by Crippen LogP contribution is 2.39. The third-order valence-electron chi connectivity index (χ3n) is 1.77. The van der Waals surface area contributed by atoms with Crippen LogP contribution in [0, 0.1) is 0 Å². The van der Waals surface area contributed by atoms with Crippen LogP contribution in [0.15, 0.2) is 18.2 Å². The van der Waals surface area contributed by atoms with Crippen LogP contribution in [-0.4, -0.2) is 12.6 Å². The van der Waals surface area contributed by atoms with E-state index >= 15 is 0 Å². The molecular formula is C10H12Cl2F3NO. The summed E-state index contributed by atoms with van der Waals surface area (Å²) < 4.78 is 42.5. The number of hydrogen-bond donors (Lipinski definition) is 1. The maximum atomic E-state index is 12.5. The molecule has 0 saturated heterocycles. The van der Waals surface area contributed by atoms with Gasteiger partial charge < -0.3 is 10.5 Å². The fourth-order valence-electron chi connectivity index (χ4n) is 1.06. The van der Waals surface area contributed by atoms with E-state index in [9.17, 15) is 13.2 Å². The van der Waals surface area contributed by atoms with Crippen molar-refractivity contribution in [3.63, 3.8) is 0 Å². The van der Waals surface area contributed by atoms with Crippen molar-refractivity contribution in [2.75, 3.05) is 6.61 Å². The summed E-state index contributed by atoms with van der Waals surface area (Å²) in [5.41, 5.74) is 4.52. The molecule has 1 atom stereocenters. The number of halogens is 5. The van der Waals surface area contributed by atoms with Gasteiger partial charge in [-0.15, -0.1) is 12.4 Å². The quantitative estimate of drug-likeness (QED) is 0.924. The van der Waals surface area contributed by atoms with Crippen LogP contribution in [0.1, 0.15) is 12.5 Å². The maximum absolute atomic E-state index is 12.5. The molecule has 0 aliphatic carbocycles. The molecule has 0 bridgehead atoms. The summed E-state index contributed by atoms with van der Waals surface area (Å²) >= 11 is 5.59. The first-order valence-corrected chi connectivity index (χ1v) is 4.94. The fourth-order valence-corrected chi connectivity index (χ4v) is 1.35. The van der Waals surface area contributed by atoms with Crippen molar-refractivity contribution >= 4 is 24.0 Å². The molecule has 0 radical (unpaired) electrons. The predicted molar refractivity (Wildman–Crippen MR) is 62.8 cm³/mol. The molecule has 1 aromatic rings. The van der Waals surface area contributed by atoms with Crippen LogP contribution in [0.2, 0.25) is 5.02 Å². The van der Waals surface area contributed by atoms with E-state index in [1.54, 1.807) is 6.92 Å². The van der Waals surface area contributed by atoms with E-state index in [4.69, 9.17) is 22.1 Å². The van der Waals surface area contributed by atoms with Crippen LogP contribution in [-0.2, 0) is 6.18 Å². The summed E-state index contributed by atoms with van der Waals surface area (Å²) in [7, 11) is 0. The van der Waals surface area contributed by atoms with Gasteiger partial charge >= 0.3 is 6.18 Å². The number of alkyl halides is 3. The Bertz CT molecular complexity index is 369. The van der Waals surface area contributed by atoms with Gasteiger partial charge in [-0.2, -0.15) is 13.2 Å². The standard InChI is InChI=1S/C10H11ClF3NO.ClH/c1-6(15)5-16-8-4-2-3-7(9(8)11)10(12,13)14;/h2-4,6H,5,15H2,1H3;1H/t6-;/m1./s1. The molecule has 17 heavy (non-hydrogen) atoms. The van der Waals surface area contributed by atoms with Crippen molar-refractivity contribution in [3.05, 3.63) is 28.8 Å². The van der Waals surface area contributed by atoms with Crippen molar-refractivity contribution in [3.8, 4) is 5.75 Å². The van der Waals surface area contributed by atoms with Crippen LogP contribution >= 0.6 is 24.0 Å². The van der Waals surface area contributed by atoms with Crippen LogP contribution < -0.4 is 10.5 Å². The van der Waals surface area contributed by atoms with E-state index in [0.29, 0.717) is 0 Å². The molecule has 98 valence electrons. The normalized spacial score (nSPS) is 12.8. The Morgan fingerprint density at radius 1 is 1.41 bits per heavy atom. The zero-order valence-corrected chi connectivity index (χ0v) is 10.5. The molecule has 0 aliphatic rings. The van der Waals surface area contributed by atoms with E-state index < -0.39 is 16.8 Å². The molecule has 0 fully saturated rings. The minimum absolute atomic E-state index is 0. The Morgan fingerprint density at radius 2 is 2.00 bits per heavy atom. The number of nitrogens with two attached hydrogens (primary N) is 1. The van der Waals surface area contributed by atoms with Gasteiger partial charge in [-0.1, -0.05) is 17.7 Å². The van der Waals surface area contributed by atoms with Gasteiger partial charge in [0.2, 0.25) is 0 Å². The van der Waals surface area contributed by atoms with E-state index in [0.717, 1.165) is 6.07 Å². The zero-order chi connectivity index (χ0) is 12.3. The van der Waals surface area contributed by atoms with Crippen molar-refractivity contribution in [1.82, 2.24) is 0 Å². The topological polar surface area (TPSA) is 35.2 Å². The van der Waals surface area contributed by atoms with Crippen molar-refractivity contribution in [1.29, 1.82) is 0 Å². The van der Waals surface area contributed by atoms with Gasteiger partial charge in [0.15, 0.2) is 0 Å². The SMILES string of the molecule is C[C@@H](N)COc1cccc(C(F)(F)F)c1Cl.Cl. The van der Waals surface area contributed by atoms with Crippen LogP contribution in [0.5, 0.6) is 5.75 Å². The first kappa shape index (κ1) is 16.4. The molecule has 0 aromatic heterocycles. The van der Waals surface area contributed by atoms with Crippen LogP contribution in [0.3, 0.4) is 0 Å². The Kier molecular flexibility index (Phi) is 6.09. The first-order valence-electron chi connectivity index (χ1n) is 4.56. The average molecular weight is 290 g/mol. The van der Waals surface area contributed by atoms with Gasteiger partial charge in [0.05, 0.1) is 10.6 Å². The second-order valence-electron chi connectivity index (χ2n) is 3.40. The summed E-state index contributed by atoms with van der Waals surface area (Å²) in [6, 6.07) is 3.25. The third kappa shape index (κ3) is 4.61. The summed E-state index contributed by atoms with van der Waals surface area (Å²) in [4.78, 5) is 0. The molecule has 0 aliphatic heterocycles. The molecule has 0 amide bonds. The lowest BCUT2D eigenvalue weighted by molar-refractivity contribution is -0.137. The Hall–Kier alpha value is -0.650. The summed E-state index contributed by atoms with van der Waals surface area (Å²) in [5.74, 6) is -0.00575. The van der Waals surface area contributed by atoms with E-state index in [-0.39, 0.29) is 30.8 Å². The fraction of sp³-hybridized carbons (Fsp3) is 0.400. The van der Waals surface area contributed by atoms with Gasteiger partial charge in [0, 0.05) is 6.04 Å². The molecular weight excluding hydrogens is 278 g/mol. The zero-order valence-electron chi connectivity index (χ0n) is 8.92. The molecule has 2 nitrogen and oxygen atoms in total. The number of ether oxygens (including phenoxy) is 1. The van der Waals surface area contributed by atoms with E-state index in [1.165, 1.54) is 12.1 Å². The van der Waals surface area contributed by atoms with Crippen molar-refractivity contribution in [2.45, 2.75) is 19.1 Å². The smallest absolute Gasteiger partial charge is 0.417 e. The number of hydrogen-bond acceptors (Lipinski definition) is 2. The lowest BCUT2D eigenvalue weighted by Gasteiger charge is -2.14. The number of benzene rings is 1. The summed E-state index contributed by atoms with van der Waals surface area (Å²) in [6.07, 6.45) is -4.48. The molecule has 7 heteroatoms. The minimum atomic E-state index is -4.48. The summed E-state index contributed by atoms with van der Waals surface area (Å²) in [5, 5.41) is -0.435. The van der Waals surface area contributed by atoms with E-state index in [1.807, 2.05) is 0 Å². The second-order valence-corrected chi connectivity index (χ2v) is 3.78. The number of rotatable bonds is 3. The molecule has 1 aromatic carbocycles. The first-order chi connectivity index (χ1) is 7.32. The Balaban J connectivity index is 0.00000256. The monoisotopic (exact) mass is 289 g/mol. The van der Waals surface area contributed by atoms with Gasteiger partial charge in [-0.05, 0) is 19.1 Å². The minimum Gasteiger partial charge on any atom is -0.490 e. The van der Waals surface area contributed by atoms with Crippen LogP contribution in [0.4, 0.5) is 13.2 Å². The molecule has 0 saturated carbocycles. The highest BCUT2D eigenvalue weighted by molar-refractivity contribution is 6.32. The largest absolute Gasteiger partial charge is 0.490 e. The Morgan fingerprint density at radius 3 is 2.47 bits per heavy atom. The van der Waals surface area contributed by atoms with E-state index in [2.05, 4.69) is 0 Å². The molecule has 0 unspecified atom stereocenters. The second kappa shape index (κ2) is 6.33. The lowest BCUT2D eigenvalue weighted by atomic mass is 10.2. The lowest BCUT2D eigenvalue weighted by Crippen LogP contribution is -2.23. The predicted octanol–water partition coefficient (Wildman–Crippen LogP) is 3.51. The van der Waals surface area contributed by atoms with Gasteiger partial charge in [-0.25, -0.2) is 0 Å².